The first-order valence-corrected chi connectivity index (χ1v) is 8.48. The van der Waals surface area contributed by atoms with Crippen LogP contribution in [0, 0.1) is 11.7 Å². The fraction of sp³-hybridized carbons (Fsp3) is 0.389. The molecule has 0 spiro atoms. The summed E-state index contributed by atoms with van der Waals surface area (Å²) < 4.78 is 18.4. The van der Waals surface area contributed by atoms with Gasteiger partial charge in [0.25, 0.3) is 0 Å². The van der Waals surface area contributed by atoms with Crippen molar-refractivity contribution in [3.63, 3.8) is 0 Å². The Hall–Kier alpha value is -2.90. The highest BCUT2D eigenvalue weighted by Gasteiger charge is 2.14. The summed E-state index contributed by atoms with van der Waals surface area (Å²) in [7, 11) is 1.65. The number of H-pyrrole nitrogens is 1. The molecule has 0 radical (unpaired) electrons. The molecule has 2 heterocycles. The van der Waals surface area contributed by atoms with Crippen LogP contribution in [0.3, 0.4) is 0 Å². The van der Waals surface area contributed by atoms with Crippen LogP contribution in [0.4, 0.5) is 9.18 Å². The van der Waals surface area contributed by atoms with Crippen LogP contribution in [-0.4, -0.2) is 33.1 Å². The molecule has 7 nitrogen and oxygen atoms in total. The molecule has 0 fully saturated rings. The zero-order valence-electron chi connectivity index (χ0n) is 15.0. The molecule has 0 aliphatic heterocycles. The van der Waals surface area contributed by atoms with E-state index in [0.29, 0.717) is 24.2 Å². The number of carbonyl (C=O) groups is 1. The Morgan fingerprint density at radius 3 is 2.96 bits per heavy atom. The lowest BCUT2D eigenvalue weighted by Gasteiger charge is -2.15. The number of nitrogens with zero attached hydrogens (tertiary/aromatic N) is 3. The molecule has 0 unspecified atom stereocenters. The van der Waals surface area contributed by atoms with Crippen LogP contribution in [0.5, 0.6) is 0 Å². The average molecular weight is 359 g/mol. The minimum Gasteiger partial charge on any atom is -0.357 e. The van der Waals surface area contributed by atoms with Gasteiger partial charge in [-0.25, -0.2) is 9.18 Å². The van der Waals surface area contributed by atoms with Gasteiger partial charge in [-0.15, -0.1) is 0 Å². The Kier molecular flexibility index (Phi) is 5.20. The molecule has 0 saturated carbocycles. The van der Waals surface area contributed by atoms with E-state index >= 15 is 0 Å². The fourth-order valence-electron chi connectivity index (χ4n) is 2.64. The van der Waals surface area contributed by atoms with Crippen molar-refractivity contribution in [1.82, 2.24) is 25.3 Å². The fourth-order valence-corrected chi connectivity index (χ4v) is 2.64. The highest BCUT2D eigenvalue weighted by atomic mass is 19.1. The van der Waals surface area contributed by atoms with E-state index < -0.39 is 0 Å². The summed E-state index contributed by atoms with van der Waals surface area (Å²) in [5, 5.41) is 7.49. The van der Waals surface area contributed by atoms with Gasteiger partial charge >= 0.3 is 6.03 Å². The number of rotatable bonds is 6. The van der Waals surface area contributed by atoms with Crippen molar-refractivity contribution in [2.45, 2.75) is 33.4 Å². The van der Waals surface area contributed by atoms with Gasteiger partial charge in [-0.1, -0.05) is 19.0 Å². The maximum Gasteiger partial charge on any atom is 0.317 e. The zero-order valence-corrected chi connectivity index (χ0v) is 15.0. The van der Waals surface area contributed by atoms with Crippen molar-refractivity contribution in [2.24, 2.45) is 5.92 Å². The van der Waals surface area contributed by atoms with Crippen LogP contribution in [0.1, 0.15) is 31.3 Å². The SMILES string of the molecule is CC(C)Cc1noc(CN(C)C(=O)NCc2cc3cc(F)ccc3[nH]2)n1. The molecule has 0 bridgehead atoms. The number of benzene rings is 1. The Labute approximate surface area is 150 Å². The van der Waals surface area contributed by atoms with E-state index in [1.165, 1.54) is 17.0 Å². The molecule has 0 aliphatic carbocycles. The van der Waals surface area contributed by atoms with E-state index in [4.69, 9.17) is 4.52 Å². The molecule has 2 aromatic heterocycles. The van der Waals surface area contributed by atoms with Crippen molar-refractivity contribution < 1.29 is 13.7 Å². The molecular weight excluding hydrogens is 337 g/mol. The van der Waals surface area contributed by atoms with Gasteiger partial charge in [0.15, 0.2) is 5.82 Å². The van der Waals surface area contributed by atoms with Crippen molar-refractivity contribution >= 4 is 16.9 Å². The van der Waals surface area contributed by atoms with E-state index in [9.17, 15) is 9.18 Å². The predicted molar refractivity (Wildman–Crippen MR) is 94.8 cm³/mol. The van der Waals surface area contributed by atoms with Gasteiger partial charge < -0.3 is 19.7 Å². The summed E-state index contributed by atoms with van der Waals surface area (Å²) in [6, 6.07) is 6.07. The number of halogens is 1. The van der Waals surface area contributed by atoms with Crippen molar-refractivity contribution in [3.05, 3.63) is 47.5 Å². The molecule has 0 aliphatic rings. The molecular formula is C18H22FN5O2. The molecule has 1 aromatic carbocycles. The van der Waals surface area contributed by atoms with Gasteiger partial charge in [-0.3, -0.25) is 0 Å². The average Bonchev–Trinajstić information content (AvgIpc) is 3.17. The summed E-state index contributed by atoms with van der Waals surface area (Å²) in [6.07, 6.45) is 0.736. The summed E-state index contributed by atoms with van der Waals surface area (Å²) in [6.45, 7) is 4.69. The highest BCUT2D eigenvalue weighted by molar-refractivity contribution is 5.80. The lowest BCUT2D eigenvalue weighted by atomic mass is 10.1. The second kappa shape index (κ2) is 7.55. The summed E-state index contributed by atoms with van der Waals surface area (Å²) in [5.74, 6) is 1.20. The molecule has 0 atom stereocenters. The lowest BCUT2D eigenvalue weighted by molar-refractivity contribution is 0.199. The Balaban J connectivity index is 1.54. The second-order valence-electron chi connectivity index (χ2n) is 6.74. The lowest BCUT2D eigenvalue weighted by Crippen LogP contribution is -2.36. The van der Waals surface area contributed by atoms with Gasteiger partial charge in [0, 0.05) is 30.1 Å². The van der Waals surface area contributed by atoms with Crippen molar-refractivity contribution in [2.75, 3.05) is 7.05 Å². The van der Waals surface area contributed by atoms with Crippen LogP contribution in [0.15, 0.2) is 28.8 Å². The smallest absolute Gasteiger partial charge is 0.317 e. The van der Waals surface area contributed by atoms with E-state index in [1.54, 1.807) is 13.1 Å². The van der Waals surface area contributed by atoms with E-state index in [2.05, 4.69) is 34.3 Å². The number of amides is 2. The highest BCUT2D eigenvalue weighted by Crippen LogP contribution is 2.16. The predicted octanol–water partition coefficient (Wildman–Crippen LogP) is 3.23. The molecule has 138 valence electrons. The topological polar surface area (TPSA) is 87.0 Å². The van der Waals surface area contributed by atoms with Gasteiger partial charge in [0.1, 0.15) is 12.4 Å². The van der Waals surface area contributed by atoms with E-state index in [-0.39, 0.29) is 18.4 Å². The number of fused-ring (bicyclic) bond motifs is 1. The molecule has 2 amide bonds. The third-order valence-corrected chi connectivity index (χ3v) is 3.89. The largest absolute Gasteiger partial charge is 0.357 e. The number of hydrogen-bond acceptors (Lipinski definition) is 4. The standard InChI is InChI=1S/C18H22FN5O2/c1-11(2)6-16-22-17(26-23-16)10-24(3)18(25)20-9-14-8-12-7-13(19)4-5-15(12)21-14/h4-5,7-8,11,21H,6,9-10H2,1-3H3,(H,20,25). The number of aromatic nitrogens is 3. The maximum atomic E-state index is 13.2. The van der Waals surface area contributed by atoms with Gasteiger partial charge in [-0.2, -0.15) is 4.98 Å². The first-order valence-electron chi connectivity index (χ1n) is 8.48. The molecule has 3 rings (SSSR count). The van der Waals surface area contributed by atoms with Gasteiger partial charge in [-0.05, 0) is 30.2 Å². The van der Waals surface area contributed by atoms with Crippen LogP contribution >= 0.6 is 0 Å². The monoisotopic (exact) mass is 359 g/mol. The summed E-state index contributed by atoms with van der Waals surface area (Å²) in [5.41, 5.74) is 1.62. The molecule has 3 aromatic rings. The quantitative estimate of drug-likeness (QED) is 0.707. The molecule has 26 heavy (non-hydrogen) atoms. The minimum absolute atomic E-state index is 0.231. The van der Waals surface area contributed by atoms with Crippen LogP contribution in [0.2, 0.25) is 0 Å². The number of carbonyl (C=O) groups excluding carboxylic acids is 1. The number of aromatic amines is 1. The molecule has 2 N–H and O–H groups in total. The van der Waals surface area contributed by atoms with E-state index in [0.717, 1.165) is 23.0 Å². The zero-order chi connectivity index (χ0) is 18.7. The maximum absolute atomic E-state index is 13.2. The third kappa shape index (κ3) is 4.38. The van der Waals surface area contributed by atoms with Gasteiger partial charge in [0.05, 0.1) is 6.54 Å². The van der Waals surface area contributed by atoms with Crippen molar-refractivity contribution in [3.8, 4) is 0 Å². The van der Waals surface area contributed by atoms with Gasteiger partial charge in [0.2, 0.25) is 5.89 Å². The minimum atomic E-state index is -0.289. The van der Waals surface area contributed by atoms with E-state index in [1.807, 2.05) is 6.07 Å². The van der Waals surface area contributed by atoms with Crippen LogP contribution < -0.4 is 5.32 Å². The van der Waals surface area contributed by atoms with Crippen LogP contribution in [-0.2, 0) is 19.5 Å². The number of nitrogens with one attached hydrogen (secondary N) is 2. The normalized spacial score (nSPS) is 11.3. The first-order chi connectivity index (χ1) is 12.4. The number of hydrogen-bond donors (Lipinski definition) is 2. The van der Waals surface area contributed by atoms with Crippen LogP contribution in [0.25, 0.3) is 10.9 Å². The first kappa shape index (κ1) is 17.9. The number of urea groups is 1. The Bertz CT molecular complexity index is 902. The molecule has 8 heteroatoms. The summed E-state index contributed by atoms with van der Waals surface area (Å²) >= 11 is 0. The Morgan fingerprint density at radius 2 is 2.19 bits per heavy atom. The molecule has 0 saturated heterocycles. The second-order valence-corrected chi connectivity index (χ2v) is 6.74. The third-order valence-electron chi connectivity index (χ3n) is 3.89. The Morgan fingerprint density at radius 1 is 1.38 bits per heavy atom. The summed E-state index contributed by atoms with van der Waals surface area (Å²) in [4.78, 5) is 21.1. The van der Waals surface area contributed by atoms with Crippen molar-refractivity contribution in [1.29, 1.82) is 0 Å².